The Morgan fingerprint density at radius 3 is 2.59 bits per heavy atom. The number of para-hydroxylation sites is 2. The first-order chi connectivity index (χ1) is 13.1. The summed E-state index contributed by atoms with van der Waals surface area (Å²) in [6.07, 6.45) is 1.77. The van der Waals surface area contributed by atoms with Crippen molar-refractivity contribution in [1.82, 2.24) is 4.57 Å². The molecule has 1 aromatic heterocycles. The first-order valence-corrected chi connectivity index (χ1v) is 8.74. The van der Waals surface area contributed by atoms with Crippen molar-refractivity contribution < 1.29 is 18.7 Å². The zero-order chi connectivity index (χ0) is 19.2. The number of unbranched alkanes of at least 4 members (excludes halogenated alkanes) is 1. The van der Waals surface area contributed by atoms with Gasteiger partial charge in [-0.25, -0.2) is 9.59 Å². The molecule has 0 fully saturated rings. The van der Waals surface area contributed by atoms with E-state index in [0.717, 1.165) is 12.8 Å². The average molecular weight is 368 g/mol. The molecule has 27 heavy (non-hydrogen) atoms. The largest absolute Gasteiger partial charge is 0.462 e. The smallest absolute Gasteiger partial charge is 0.420 e. The molecule has 0 saturated heterocycles. The fraction of sp³-hybridized carbons (Fsp3) is 0.250. The summed E-state index contributed by atoms with van der Waals surface area (Å²) in [6, 6.07) is 13.3. The molecule has 2 aromatic carbocycles. The number of esters is 1. The molecule has 140 valence electrons. The van der Waals surface area contributed by atoms with E-state index < -0.39 is 11.7 Å². The van der Waals surface area contributed by atoms with E-state index in [4.69, 9.17) is 9.15 Å². The highest BCUT2D eigenvalue weighted by atomic mass is 16.5. The number of hydrogen-bond donors (Lipinski definition) is 1. The first kappa shape index (κ1) is 18.4. The van der Waals surface area contributed by atoms with E-state index in [1.165, 1.54) is 4.57 Å². The summed E-state index contributed by atoms with van der Waals surface area (Å²) in [4.78, 5) is 36.1. The molecule has 0 saturated carbocycles. The summed E-state index contributed by atoms with van der Waals surface area (Å²) in [6.45, 7) is 2.24. The molecule has 0 unspecified atom stereocenters. The predicted molar refractivity (Wildman–Crippen MR) is 101 cm³/mol. The zero-order valence-electron chi connectivity index (χ0n) is 14.9. The Morgan fingerprint density at radius 2 is 1.85 bits per heavy atom. The first-order valence-electron chi connectivity index (χ1n) is 8.74. The van der Waals surface area contributed by atoms with Gasteiger partial charge >= 0.3 is 11.7 Å². The van der Waals surface area contributed by atoms with Gasteiger partial charge in [0.2, 0.25) is 5.91 Å². The molecule has 1 heterocycles. The molecular formula is C20H20N2O5. The maximum absolute atomic E-state index is 12.3. The number of oxazole rings is 1. The van der Waals surface area contributed by atoms with Crippen LogP contribution in [-0.2, 0) is 16.1 Å². The lowest BCUT2D eigenvalue weighted by atomic mass is 10.2. The Labute approximate surface area is 155 Å². The highest BCUT2D eigenvalue weighted by Crippen LogP contribution is 2.13. The number of aromatic nitrogens is 1. The van der Waals surface area contributed by atoms with Crippen LogP contribution in [0, 0.1) is 0 Å². The van der Waals surface area contributed by atoms with Crippen LogP contribution in [0.2, 0.25) is 0 Å². The van der Waals surface area contributed by atoms with Gasteiger partial charge in [-0.3, -0.25) is 9.36 Å². The summed E-state index contributed by atoms with van der Waals surface area (Å²) in [7, 11) is 0. The van der Waals surface area contributed by atoms with Crippen molar-refractivity contribution in [2.45, 2.75) is 26.3 Å². The molecule has 0 aliphatic rings. The van der Waals surface area contributed by atoms with Crippen molar-refractivity contribution in [2.75, 3.05) is 11.9 Å². The lowest BCUT2D eigenvalue weighted by molar-refractivity contribution is -0.116. The van der Waals surface area contributed by atoms with Crippen LogP contribution >= 0.6 is 0 Å². The number of fused-ring (bicyclic) bond motifs is 1. The van der Waals surface area contributed by atoms with Gasteiger partial charge in [-0.15, -0.1) is 0 Å². The SMILES string of the molecule is CCCCOC(=O)c1ccc(NC(=O)Cn2c(=O)oc3ccccc32)cc1. The number of ether oxygens (including phenoxy) is 1. The summed E-state index contributed by atoms with van der Waals surface area (Å²) in [5, 5.41) is 2.70. The van der Waals surface area contributed by atoms with Crippen LogP contribution in [0.4, 0.5) is 5.69 Å². The van der Waals surface area contributed by atoms with Crippen LogP contribution in [0.15, 0.2) is 57.7 Å². The number of nitrogens with one attached hydrogen (secondary N) is 1. The molecule has 7 nitrogen and oxygen atoms in total. The number of rotatable bonds is 7. The minimum Gasteiger partial charge on any atom is -0.462 e. The molecular weight excluding hydrogens is 348 g/mol. The third kappa shape index (κ3) is 4.44. The van der Waals surface area contributed by atoms with E-state index in [9.17, 15) is 14.4 Å². The lowest BCUT2D eigenvalue weighted by Gasteiger charge is -2.07. The maximum Gasteiger partial charge on any atom is 0.420 e. The van der Waals surface area contributed by atoms with Gasteiger partial charge in [0.1, 0.15) is 6.54 Å². The van der Waals surface area contributed by atoms with E-state index in [1.54, 1.807) is 48.5 Å². The van der Waals surface area contributed by atoms with Crippen LogP contribution in [0.25, 0.3) is 11.1 Å². The van der Waals surface area contributed by atoms with Crippen LogP contribution < -0.4 is 11.1 Å². The number of anilines is 1. The molecule has 3 rings (SSSR count). The molecule has 1 amide bonds. The van der Waals surface area contributed by atoms with Gasteiger partial charge in [-0.2, -0.15) is 0 Å². The third-order valence-electron chi connectivity index (χ3n) is 4.01. The molecule has 0 aliphatic heterocycles. The van der Waals surface area contributed by atoms with Crippen molar-refractivity contribution >= 4 is 28.7 Å². The Hall–Kier alpha value is -3.35. The van der Waals surface area contributed by atoms with E-state index in [2.05, 4.69) is 5.32 Å². The van der Waals surface area contributed by atoms with Gasteiger partial charge in [-0.1, -0.05) is 25.5 Å². The van der Waals surface area contributed by atoms with E-state index in [-0.39, 0.29) is 12.5 Å². The van der Waals surface area contributed by atoms with Crippen molar-refractivity contribution in [2.24, 2.45) is 0 Å². The van der Waals surface area contributed by atoms with Crippen molar-refractivity contribution in [3.8, 4) is 0 Å². The number of carbonyl (C=O) groups excluding carboxylic acids is 2. The normalized spacial score (nSPS) is 10.7. The summed E-state index contributed by atoms with van der Waals surface area (Å²) >= 11 is 0. The van der Waals surface area contributed by atoms with Gasteiger partial charge in [0.15, 0.2) is 5.58 Å². The van der Waals surface area contributed by atoms with E-state index >= 15 is 0 Å². The van der Waals surface area contributed by atoms with Crippen LogP contribution in [0.3, 0.4) is 0 Å². The molecule has 1 N–H and O–H groups in total. The minimum atomic E-state index is -0.587. The Kier molecular flexibility index (Phi) is 5.71. The van der Waals surface area contributed by atoms with Crippen molar-refractivity contribution in [3.05, 3.63) is 64.6 Å². The van der Waals surface area contributed by atoms with Gasteiger partial charge < -0.3 is 14.5 Å². The van der Waals surface area contributed by atoms with E-state index in [1.807, 2.05) is 6.92 Å². The molecule has 0 bridgehead atoms. The van der Waals surface area contributed by atoms with Crippen LogP contribution in [-0.4, -0.2) is 23.1 Å². The quantitative estimate of drug-likeness (QED) is 0.511. The Balaban J connectivity index is 1.63. The van der Waals surface area contributed by atoms with Crippen LogP contribution in [0.5, 0.6) is 0 Å². The average Bonchev–Trinajstić information content (AvgIpc) is 2.98. The molecule has 7 heteroatoms. The van der Waals surface area contributed by atoms with Gasteiger partial charge in [0.05, 0.1) is 17.7 Å². The number of hydrogen-bond acceptors (Lipinski definition) is 5. The fourth-order valence-electron chi connectivity index (χ4n) is 2.59. The second-order valence-corrected chi connectivity index (χ2v) is 6.04. The standard InChI is InChI=1S/C20H20N2O5/c1-2-3-12-26-19(24)14-8-10-15(11-9-14)21-18(23)13-22-16-6-4-5-7-17(16)27-20(22)25/h4-11H,2-3,12-13H2,1H3,(H,21,23). The topological polar surface area (TPSA) is 90.5 Å². The summed E-state index contributed by atoms with van der Waals surface area (Å²) < 4.78 is 11.5. The zero-order valence-corrected chi connectivity index (χ0v) is 14.9. The second-order valence-electron chi connectivity index (χ2n) is 6.04. The summed E-state index contributed by atoms with van der Waals surface area (Å²) in [5.74, 6) is -1.35. The number of benzene rings is 2. The lowest BCUT2D eigenvalue weighted by Crippen LogP contribution is -2.24. The van der Waals surface area contributed by atoms with Gasteiger partial charge in [0, 0.05) is 5.69 Å². The highest BCUT2D eigenvalue weighted by Gasteiger charge is 2.13. The van der Waals surface area contributed by atoms with Gasteiger partial charge in [-0.05, 0) is 42.8 Å². The molecule has 0 atom stereocenters. The highest BCUT2D eigenvalue weighted by molar-refractivity contribution is 5.93. The molecule has 0 radical (unpaired) electrons. The maximum atomic E-state index is 12.3. The molecule has 0 aliphatic carbocycles. The predicted octanol–water partition coefficient (Wildman–Crippen LogP) is 3.19. The molecule has 0 spiro atoms. The number of nitrogens with zero attached hydrogens (tertiary/aromatic N) is 1. The molecule has 3 aromatic rings. The number of amides is 1. The Bertz CT molecular complexity index is 1000. The van der Waals surface area contributed by atoms with E-state index in [0.29, 0.717) is 29.0 Å². The number of carbonyl (C=O) groups is 2. The third-order valence-corrected chi connectivity index (χ3v) is 4.01. The fourth-order valence-corrected chi connectivity index (χ4v) is 2.59. The van der Waals surface area contributed by atoms with Crippen molar-refractivity contribution in [1.29, 1.82) is 0 Å². The second kappa shape index (κ2) is 8.35. The summed E-state index contributed by atoms with van der Waals surface area (Å²) in [5.41, 5.74) is 1.93. The monoisotopic (exact) mass is 368 g/mol. The Morgan fingerprint density at radius 1 is 1.11 bits per heavy atom. The van der Waals surface area contributed by atoms with Gasteiger partial charge in [0.25, 0.3) is 0 Å². The minimum absolute atomic E-state index is 0.170. The van der Waals surface area contributed by atoms with Crippen LogP contribution in [0.1, 0.15) is 30.1 Å². The van der Waals surface area contributed by atoms with Crippen molar-refractivity contribution in [3.63, 3.8) is 0 Å².